The highest BCUT2D eigenvalue weighted by Gasteiger charge is 2.29. The molecule has 1 aromatic heterocycles. The SMILES string of the molecule is Cc1ccc(C2=C[C@H](c3c(F)cccc3Cl)n3nc(NC(=O)c4ccccc4F)nc3N2)cc1. The lowest BCUT2D eigenvalue weighted by atomic mass is 10.0. The van der Waals surface area contributed by atoms with Crippen LogP contribution < -0.4 is 10.6 Å². The number of hydrogen-bond donors (Lipinski definition) is 2. The maximum atomic E-state index is 14.9. The van der Waals surface area contributed by atoms with E-state index in [2.05, 4.69) is 20.7 Å². The first-order valence-corrected chi connectivity index (χ1v) is 10.8. The standard InChI is InChI=1S/C25H18ClF2N5O/c1-14-9-11-15(12-10-14)20-13-21(22-17(26)6-4-8-19(22)28)33-25(29-20)31-24(32-33)30-23(34)16-5-2-3-7-18(16)27/h2-13,21H,1H3,(H2,29,30,31,32,34)/t21-/m1/s1. The number of aryl methyl sites for hydroxylation is 1. The molecule has 4 aromatic rings. The number of amides is 1. The Balaban J connectivity index is 1.56. The highest BCUT2D eigenvalue weighted by molar-refractivity contribution is 6.31. The van der Waals surface area contributed by atoms with E-state index in [0.717, 1.165) is 11.1 Å². The Bertz CT molecular complexity index is 1410. The number of rotatable bonds is 4. The smallest absolute Gasteiger partial charge is 0.261 e. The monoisotopic (exact) mass is 477 g/mol. The summed E-state index contributed by atoms with van der Waals surface area (Å²) >= 11 is 6.37. The van der Waals surface area contributed by atoms with Crippen molar-refractivity contribution in [1.82, 2.24) is 14.8 Å². The van der Waals surface area contributed by atoms with E-state index < -0.39 is 23.6 Å². The Morgan fingerprint density at radius 1 is 1.03 bits per heavy atom. The van der Waals surface area contributed by atoms with Gasteiger partial charge in [-0.1, -0.05) is 59.6 Å². The van der Waals surface area contributed by atoms with Crippen LogP contribution in [0.2, 0.25) is 5.02 Å². The van der Waals surface area contributed by atoms with Crippen molar-refractivity contribution in [3.63, 3.8) is 0 Å². The van der Waals surface area contributed by atoms with E-state index in [0.29, 0.717) is 5.70 Å². The van der Waals surface area contributed by atoms with Gasteiger partial charge in [-0.05, 0) is 42.8 Å². The molecule has 2 N–H and O–H groups in total. The van der Waals surface area contributed by atoms with Crippen LogP contribution in [0.5, 0.6) is 0 Å². The zero-order chi connectivity index (χ0) is 23.8. The van der Waals surface area contributed by atoms with Crippen molar-refractivity contribution in [3.8, 4) is 0 Å². The number of carbonyl (C=O) groups is 1. The fraction of sp³-hybridized carbons (Fsp3) is 0.0800. The number of benzene rings is 3. The van der Waals surface area contributed by atoms with Gasteiger partial charge in [0.1, 0.15) is 17.7 Å². The molecule has 1 amide bonds. The van der Waals surface area contributed by atoms with E-state index in [-0.39, 0.29) is 28.0 Å². The van der Waals surface area contributed by atoms with Crippen LogP contribution in [-0.2, 0) is 0 Å². The van der Waals surface area contributed by atoms with Gasteiger partial charge >= 0.3 is 0 Å². The van der Waals surface area contributed by atoms with Crippen LogP contribution in [0.4, 0.5) is 20.7 Å². The highest BCUT2D eigenvalue weighted by atomic mass is 35.5. The molecular formula is C25H18ClF2N5O. The summed E-state index contributed by atoms with van der Waals surface area (Å²) in [6, 6.07) is 17.1. The van der Waals surface area contributed by atoms with Crippen LogP contribution in [0.1, 0.15) is 33.1 Å². The first-order chi connectivity index (χ1) is 16.4. The summed E-state index contributed by atoms with van der Waals surface area (Å²) < 4.78 is 30.3. The van der Waals surface area contributed by atoms with E-state index in [1.54, 1.807) is 18.2 Å². The lowest BCUT2D eigenvalue weighted by Gasteiger charge is -2.25. The zero-order valence-electron chi connectivity index (χ0n) is 17.9. The molecule has 0 saturated carbocycles. The summed E-state index contributed by atoms with van der Waals surface area (Å²) in [4.78, 5) is 16.9. The molecule has 1 atom stereocenters. The predicted molar refractivity (Wildman–Crippen MR) is 127 cm³/mol. The number of fused-ring (bicyclic) bond motifs is 1. The molecule has 6 nitrogen and oxygen atoms in total. The minimum absolute atomic E-state index is 0.0632. The molecule has 3 aromatic carbocycles. The van der Waals surface area contributed by atoms with Crippen LogP contribution in [0.3, 0.4) is 0 Å². The van der Waals surface area contributed by atoms with Crippen molar-refractivity contribution in [3.05, 3.63) is 112 Å². The molecule has 0 bridgehead atoms. The summed E-state index contributed by atoms with van der Waals surface area (Å²) in [6.45, 7) is 1.98. The summed E-state index contributed by atoms with van der Waals surface area (Å²) in [5.41, 5.74) is 2.70. The van der Waals surface area contributed by atoms with Crippen molar-refractivity contribution >= 4 is 35.1 Å². The Kier molecular flexibility index (Phi) is 5.59. The Morgan fingerprint density at radius 3 is 2.50 bits per heavy atom. The van der Waals surface area contributed by atoms with Crippen LogP contribution in [-0.4, -0.2) is 20.7 Å². The maximum absolute atomic E-state index is 14.9. The van der Waals surface area contributed by atoms with E-state index in [9.17, 15) is 13.6 Å². The van der Waals surface area contributed by atoms with Gasteiger partial charge in [0.2, 0.25) is 5.95 Å². The molecule has 0 spiro atoms. The molecule has 0 aliphatic carbocycles. The van der Waals surface area contributed by atoms with Gasteiger partial charge in [-0.15, -0.1) is 5.10 Å². The fourth-order valence-electron chi connectivity index (χ4n) is 3.76. The summed E-state index contributed by atoms with van der Waals surface area (Å²) in [6.07, 6.45) is 1.79. The van der Waals surface area contributed by atoms with Crippen LogP contribution >= 0.6 is 11.6 Å². The quantitative estimate of drug-likeness (QED) is 0.388. The van der Waals surface area contributed by atoms with Gasteiger partial charge in [-0.3, -0.25) is 10.1 Å². The average Bonchev–Trinajstić information content (AvgIpc) is 3.22. The molecule has 1 aliphatic rings. The van der Waals surface area contributed by atoms with Gasteiger partial charge in [0, 0.05) is 16.3 Å². The third-order valence-electron chi connectivity index (χ3n) is 5.47. The van der Waals surface area contributed by atoms with Gasteiger partial charge in [-0.25, -0.2) is 13.5 Å². The van der Waals surface area contributed by atoms with Gasteiger partial charge < -0.3 is 5.32 Å². The minimum Gasteiger partial charge on any atom is -0.324 e. The van der Waals surface area contributed by atoms with Gasteiger partial charge in [0.25, 0.3) is 11.9 Å². The van der Waals surface area contributed by atoms with Crippen LogP contribution in [0.15, 0.2) is 72.8 Å². The number of nitrogens with one attached hydrogen (secondary N) is 2. The third-order valence-corrected chi connectivity index (χ3v) is 5.80. The van der Waals surface area contributed by atoms with Crippen molar-refractivity contribution in [2.45, 2.75) is 13.0 Å². The van der Waals surface area contributed by atoms with Gasteiger partial charge in [0.15, 0.2) is 0 Å². The Morgan fingerprint density at radius 2 is 1.76 bits per heavy atom. The topological polar surface area (TPSA) is 71.8 Å². The van der Waals surface area contributed by atoms with Crippen molar-refractivity contribution in [2.24, 2.45) is 0 Å². The number of nitrogens with zero attached hydrogens (tertiary/aromatic N) is 3. The molecule has 0 fully saturated rings. The molecular weight excluding hydrogens is 460 g/mol. The number of allylic oxidation sites excluding steroid dienone is 1. The number of aromatic nitrogens is 3. The summed E-state index contributed by atoms with van der Waals surface area (Å²) in [5, 5.41) is 10.3. The van der Waals surface area contributed by atoms with Crippen molar-refractivity contribution in [1.29, 1.82) is 0 Å². The number of carbonyl (C=O) groups excluding carboxylic acids is 1. The second-order valence-corrected chi connectivity index (χ2v) is 8.20. The van der Waals surface area contributed by atoms with Crippen molar-refractivity contribution in [2.75, 3.05) is 10.6 Å². The van der Waals surface area contributed by atoms with E-state index in [4.69, 9.17) is 11.6 Å². The zero-order valence-corrected chi connectivity index (χ0v) is 18.6. The average molecular weight is 478 g/mol. The summed E-state index contributed by atoms with van der Waals surface area (Å²) in [7, 11) is 0. The first-order valence-electron chi connectivity index (χ1n) is 10.4. The number of halogens is 3. The molecule has 2 heterocycles. The minimum atomic E-state index is -0.743. The fourth-order valence-corrected chi connectivity index (χ4v) is 4.04. The maximum Gasteiger partial charge on any atom is 0.261 e. The second kappa shape index (κ2) is 8.72. The molecule has 0 saturated heterocycles. The van der Waals surface area contributed by atoms with Gasteiger partial charge in [-0.2, -0.15) is 4.98 Å². The van der Waals surface area contributed by atoms with E-state index in [1.807, 2.05) is 31.2 Å². The first kappa shape index (κ1) is 21.8. The van der Waals surface area contributed by atoms with E-state index >= 15 is 0 Å². The normalized spacial score (nSPS) is 14.7. The second-order valence-electron chi connectivity index (χ2n) is 7.79. The van der Waals surface area contributed by atoms with Crippen LogP contribution in [0, 0.1) is 18.6 Å². The lowest BCUT2D eigenvalue weighted by molar-refractivity contribution is 0.102. The predicted octanol–water partition coefficient (Wildman–Crippen LogP) is 5.83. The van der Waals surface area contributed by atoms with Crippen molar-refractivity contribution < 1.29 is 13.6 Å². The molecule has 1 aliphatic heterocycles. The molecule has 0 unspecified atom stereocenters. The molecule has 0 radical (unpaired) electrons. The molecule has 5 rings (SSSR count). The summed E-state index contributed by atoms with van der Waals surface area (Å²) in [5.74, 6) is -1.66. The molecule has 9 heteroatoms. The van der Waals surface area contributed by atoms with E-state index in [1.165, 1.54) is 35.0 Å². The third kappa shape index (κ3) is 4.04. The number of hydrogen-bond acceptors (Lipinski definition) is 4. The molecule has 170 valence electrons. The lowest BCUT2D eigenvalue weighted by Crippen LogP contribution is -2.21. The molecule has 34 heavy (non-hydrogen) atoms. The van der Waals surface area contributed by atoms with Crippen LogP contribution in [0.25, 0.3) is 5.70 Å². The largest absolute Gasteiger partial charge is 0.324 e. The number of anilines is 2. The van der Waals surface area contributed by atoms with Gasteiger partial charge in [0.05, 0.1) is 5.56 Å². The highest BCUT2D eigenvalue weighted by Crippen LogP contribution is 2.37. The Hall–Kier alpha value is -4.04. The Labute approximate surface area is 198 Å².